The van der Waals surface area contributed by atoms with Gasteiger partial charge in [0.05, 0.1) is 5.56 Å². The first-order valence-corrected chi connectivity index (χ1v) is 9.78. The summed E-state index contributed by atoms with van der Waals surface area (Å²) in [4.78, 5) is 27.9. The maximum Gasteiger partial charge on any atom is 0.303 e. The maximum absolute atomic E-state index is 13.1. The van der Waals surface area contributed by atoms with Crippen LogP contribution in [0.5, 0.6) is 0 Å². The van der Waals surface area contributed by atoms with E-state index in [0.29, 0.717) is 13.0 Å². The Hall–Kier alpha value is -2.27. The summed E-state index contributed by atoms with van der Waals surface area (Å²) in [7, 11) is 0. The zero-order valence-corrected chi connectivity index (χ0v) is 15.5. The van der Waals surface area contributed by atoms with Gasteiger partial charge in [0.15, 0.2) is 0 Å². The quantitative estimate of drug-likeness (QED) is 0.811. The van der Waals surface area contributed by atoms with Crippen LogP contribution in [0.1, 0.15) is 36.0 Å². The number of carboxylic acid groups (broad SMARTS) is 1. The summed E-state index contributed by atoms with van der Waals surface area (Å²) in [5.41, 5.74) is 0.722. The lowest BCUT2D eigenvalue weighted by atomic mass is 9.93. The van der Waals surface area contributed by atoms with E-state index in [1.54, 1.807) is 11.8 Å². The van der Waals surface area contributed by atoms with Gasteiger partial charge in [0.1, 0.15) is 0 Å². The van der Waals surface area contributed by atoms with Gasteiger partial charge in [0, 0.05) is 29.3 Å². The molecule has 4 nitrogen and oxygen atoms in total. The number of carbonyl (C=O) groups is 2. The van der Waals surface area contributed by atoms with E-state index < -0.39 is 5.97 Å². The number of aliphatic carboxylic acids is 1. The number of carbonyl (C=O) groups excluding carboxylic acids is 1. The predicted octanol–water partition coefficient (Wildman–Crippen LogP) is 4.55. The van der Waals surface area contributed by atoms with Crippen molar-refractivity contribution in [1.82, 2.24) is 4.90 Å². The molecule has 26 heavy (non-hydrogen) atoms. The van der Waals surface area contributed by atoms with Crippen LogP contribution in [0.2, 0.25) is 0 Å². The van der Waals surface area contributed by atoms with Gasteiger partial charge < -0.3 is 10.0 Å². The lowest BCUT2D eigenvalue weighted by Crippen LogP contribution is -2.40. The molecule has 1 saturated heterocycles. The summed E-state index contributed by atoms with van der Waals surface area (Å²) in [6, 6.07) is 17.7. The minimum absolute atomic E-state index is 0.0454. The number of hydrogen-bond donors (Lipinski definition) is 1. The molecule has 1 aliphatic rings. The van der Waals surface area contributed by atoms with E-state index in [1.165, 1.54) is 0 Å². The average molecular weight is 369 g/mol. The highest BCUT2D eigenvalue weighted by Crippen LogP contribution is 2.32. The largest absolute Gasteiger partial charge is 0.481 e. The van der Waals surface area contributed by atoms with E-state index in [9.17, 15) is 9.59 Å². The summed E-state index contributed by atoms with van der Waals surface area (Å²) in [5.74, 6) is -0.445. The highest BCUT2D eigenvalue weighted by atomic mass is 32.2. The van der Waals surface area contributed by atoms with Gasteiger partial charge in [-0.1, -0.05) is 42.1 Å². The van der Waals surface area contributed by atoms with Crippen molar-refractivity contribution in [2.75, 3.05) is 13.1 Å². The molecule has 1 amide bonds. The second kappa shape index (κ2) is 8.90. The Bertz CT molecular complexity index is 763. The van der Waals surface area contributed by atoms with E-state index in [2.05, 4.69) is 0 Å². The molecule has 1 unspecified atom stereocenters. The van der Waals surface area contributed by atoms with Gasteiger partial charge in [-0.25, -0.2) is 0 Å². The molecule has 0 saturated carbocycles. The van der Waals surface area contributed by atoms with E-state index in [1.807, 2.05) is 59.5 Å². The maximum atomic E-state index is 13.1. The number of benzene rings is 2. The Kier molecular flexibility index (Phi) is 6.34. The molecule has 1 N–H and O–H groups in total. The standard InChI is InChI=1S/C21H23NO3S/c23-20(24)13-12-16-7-6-14-22(15-16)21(25)18-10-4-5-11-19(18)26-17-8-2-1-3-9-17/h1-5,8-11,16H,6-7,12-15H2,(H,23,24). The van der Waals surface area contributed by atoms with Gasteiger partial charge >= 0.3 is 5.97 Å². The lowest BCUT2D eigenvalue weighted by molar-refractivity contribution is -0.137. The van der Waals surface area contributed by atoms with Crippen LogP contribution in [0, 0.1) is 5.92 Å². The minimum Gasteiger partial charge on any atom is -0.481 e. The summed E-state index contributed by atoms with van der Waals surface area (Å²) in [6.07, 6.45) is 2.74. The van der Waals surface area contributed by atoms with Crippen LogP contribution < -0.4 is 0 Å². The molecule has 3 rings (SSSR count). The molecule has 0 aromatic heterocycles. The fourth-order valence-corrected chi connectivity index (χ4v) is 4.29. The third-order valence-corrected chi connectivity index (χ3v) is 5.74. The molecular weight excluding hydrogens is 346 g/mol. The lowest BCUT2D eigenvalue weighted by Gasteiger charge is -2.33. The summed E-state index contributed by atoms with van der Waals surface area (Å²) in [5, 5.41) is 8.89. The van der Waals surface area contributed by atoms with Crippen molar-refractivity contribution < 1.29 is 14.7 Å². The number of hydrogen-bond acceptors (Lipinski definition) is 3. The number of nitrogens with zero attached hydrogens (tertiary/aromatic N) is 1. The van der Waals surface area contributed by atoms with Crippen LogP contribution in [0.15, 0.2) is 64.4 Å². The van der Waals surface area contributed by atoms with Crippen molar-refractivity contribution in [3.8, 4) is 0 Å². The summed E-state index contributed by atoms with van der Waals surface area (Å²) in [6.45, 7) is 1.39. The molecule has 0 spiro atoms. The average Bonchev–Trinajstić information content (AvgIpc) is 2.67. The van der Waals surface area contributed by atoms with Crippen molar-refractivity contribution in [2.45, 2.75) is 35.5 Å². The van der Waals surface area contributed by atoms with Gasteiger partial charge in [-0.15, -0.1) is 0 Å². The van der Waals surface area contributed by atoms with E-state index in [0.717, 1.165) is 34.7 Å². The Labute approximate surface area is 158 Å². The normalized spacial score (nSPS) is 17.1. The second-order valence-corrected chi connectivity index (χ2v) is 7.72. The molecular formula is C21H23NO3S. The van der Waals surface area contributed by atoms with Gasteiger partial charge in [-0.2, -0.15) is 0 Å². The molecule has 1 heterocycles. The molecule has 2 aromatic carbocycles. The Morgan fingerprint density at radius 3 is 2.58 bits per heavy atom. The third-order valence-electron chi connectivity index (χ3n) is 4.66. The highest BCUT2D eigenvalue weighted by Gasteiger charge is 2.26. The molecule has 1 aliphatic heterocycles. The summed E-state index contributed by atoms with van der Waals surface area (Å²) >= 11 is 1.60. The Morgan fingerprint density at radius 1 is 1.08 bits per heavy atom. The van der Waals surface area contributed by atoms with Crippen LogP contribution in [-0.2, 0) is 4.79 Å². The first-order chi connectivity index (χ1) is 12.6. The Balaban J connectivity index is 1.72. The molecule has 0 bridgehead atoms. The minimum atomic E-state index is -0.766. The number of carboxylic acids is 1. The molecule has 5 heteroatoms. The number of likely N-dealkylation sites (tertiary alicyclic amines) is 1. The van der Waals surface area contributed by atoms with Crippen molar-refractivity contribution in [2.24, 2.45) is 5.92 Å². The fourth-order valence-electron chi connectivity index (χ4n) is 3.33. The summed E-state index contributed by atoms with van der Waals surface area (Å²) < 4.78 is 0. The van der Waals surface area contributed by atoms with Crippen LogP contribution in [0.3, 0.4) is 0 Å². The number of amides is 1. The van der Waals surface area contributed by atoms with E-state index >= 15 is 0 Å². The van der Waals surface area contributed by atoms with Crippen LogP contribution >= 0.6 is 11.8 Å². The molecule has 0 radical (unpaired) electrons. The van der Waals surface area contributed by atoms with Gasteiger partial charge in [0.2, 0.25) is 0 Å². The molecule has 1 atom stereocenters. The van der Waals surface area contributed by atoms with E-state index in [4.69, 9.17) is 5.11 Å². The van der Waals surface area contributed by atoms with Crippen LogP contribution in [-0.4, -0.2) is 35.0 Å². The molecule has 0 aliphatic carbocycles. The van der Waals surface area contributed by atoms with Gasteiger partial charge in [-0.05, 0) is 49.4 Å². The fraction of sp³-hybridized carbons (Fsp3) is 0.333. The van der Waals surface area contributed by atoms with E-state index in [-0.39, 0.29) is 18.2 Å². The SMILES string of the molecule is O=C(O)CCC1CCCN(C(=O)c2ccccc2Sc2ccccc2)C1. The van der Waals surface area contributed by atoms with Gasteiger partial charge in [-0.3, -0.25) is 9.59 Å². The topological polar surface area (TPSA) is 57.6 Å². The van der Waals surface area contributed by atoms with Crippen molar-refractivity contribution in [3.63, 3.8) is 0 Å². The monoisotopic (exact) mass is 369 g/mol. The molecule has 136 valence electrons. The first-order valence-electron chi connectivity index (χ1n) is 8.96. The van der Waals surface area contributed by atoms with Crippen LogP contribution in [0.25, 0.3) is 0 Å². The Morgan fingerprint density at radius 2 is 1.81 bits per heavy atom. The first kappa shape index (κ1) is 18.5. The molecule has 1 fully saturated rings. The highest BCUT2D eigenvalue weighted by molar-refractivity contribution is 7.99. The third kappa shape index (κ3) is 4.88. The zero-order chi connectivity index (χ0) is 18.4. The predicted molar refractivity (Wildman–Crippen MR) is 103 cm³/mol. The van der Waals surface area contributed by atoms with Crippen molar-refractivity contribution >= 4 is 23.6 Å². The number of rotatable bonds is 6. The van der Waals surface area contributed by atoms with Gasteiger partial charge in [0.25, 0.3) is 5.91 Å². The smallest absolute Gasteiger partial charge is 0.303 e. The van der Waals surface area contributed by atoms with Crippen molar-refractivity contribution in [1.29, 1.82) is 0 Å². The molecule has 2 aromatic rings. The second-order valence-electron chi connectivity index (χ2n) is 6.60. The van der Waals surface area contributed by atoms with Crippen LogP contribution in [0.4, 0.5) is 0 Å². The number of piperidine rings is 1. The zero-order valence-electron chi connectivity index (χ0n) is 14.6. The van der Waals surface area contributed by atoms with Crippen molar-refractivity contribution in [3.05, 3.63) is 60.2 Å².